The Bertz CT molecular complexity index is 297. The number of hydrogen-bond acceptors (Lipinski definition) is 4. The van der Waals surface area contributed by atoms with Gasteiger partial charge < -0.3 is 11.3 Å². The van der Waals surface area contributed by atoms with Gasteiger partial charge in [-0.2, -0.15) is 26.0 Å². The molecule has 0 amide bonds. The standard InChI is InChI=1S/C4H6F4O5S.Na.H/c5-3(6,13-2-1-9)4(7,8)14(10,11)12;;/h9H,1-2H2,(H,10,11,12);;/q;+1;-1. The smallest absolute Gasteiger partial charge is 1.00 e. The fourth-order valence-electron chi connectivity index (χ4n) is 0.408. The Morgan fingerprint density at radius 1 is 1.27 bits per heavy atom. The first-order chi connectivity index (χ1) is 6.06. The second-order valence-corrected chi connectivity index (χ2v) is 3.54. The van der Waals surface area contributed by atoms with E-state index in [9.17, 15) is 26.0 Å². The summed E-state index contributed by atoms with van der Waals surface area (Å²) in [6.07, 6.45) is -5.40. The Kier molecular flexibility index (Phi) is 6.88. The number of aliphatic hydroxyl groups is 1. The monoisotopic (exact) mass is 266 g/mol. The summed E-state index contributed by atoms with van der Waals surface area (Å²) in [6.45, 7) is -2.20. The Morgan fingerprint density at radius 3 is 1.93 bits per heavy atom. The van der Waals surface area contributed by atoms with Crippen LogP contribution < -0.4 is 29.6 Å². The third-order valence-electron chi connectivity index (χ3n) is 1.04. The summed E-state index contributed by atoms with van der Waals surface area (Å²) in [5.41, 5.74) is 0. The molecule has 88 valence electrons. The van der Waals surface area contributed by atoms with Gasteiger partial charge in [0.25, 0.3) is 0 Å². The van der Waals surface area contributed by atoms with Crippen molar-refractivity contribution in [2.45, 2.75) is 11.4 Å². The third-order valence-corrected chi connectivity index (χ3v) is 1.92. The van der Waals surface area contributed by atoms with Gasteiger partial charge in [-0.05, 0) is 0 Å². The van der Waals surface area contributed by atoms with Crippen LogP contribution in [-0.2, 0) is 14.9 Å². The van der Waals surface area contributed by atoms with E-state index in [1.807, 2.05) is 0 Å². The minimum atomic E-state index is -6.28. The number of alkyl halides is 4. The Morgan fingerprint density at radius 2 is 1.67 bits per heavy atom. The van der Waals surface area contributed by atoms with Crippen molar-refractivity contribution in [1.29, 1.82) is 0 Å². The molecular weight excluding hydrogens is 259 g/mol. The van der Waals surface area contributed by atoms with Crippen LogP contribution in [0.25, 0.3) is 0 Å². The van der Waals surface area contributed by atoms with E-state index in [4.69, 9.17) is 9.66 Å². The van der Waals surface area contributed by atoms with E-state index in [0.29, 0.717) is 0 Å². The van der Waals surface area contributed by atoms with Crippen molar-refractivity contribution >= 4 is 10.1 Å². The summed E-state index contributed by atoms with van der Waals surface area (Å²) >= 11 is 0. The summed E-state index contributed by atoms with van der Waals surface area (Å²) in [7, 11) is -6.28. The molecule has 2 N–H and O–H groups in total. The molecule has 0 fully saturated rings. The fraction of sp³-hybridized carbons (Fsp3) is 1.00. The second kappa shape index (κ2) is 5.75. The number of hydrogen-bond donors (Lipinski definition) is 2. The molecule has 0 aliphatic heterocycles. The van der Waals surface area contributed by atoms with E-state index < -0.39 is 34.7 Å². The van der Waals surface area contributed by atoms with E-state index in [1.165, 1.54) is 0 Å². The number of halogens is 4. The first-order valence-corrected chi connectivity index (χ1v) is 4.48. The van der Waals surface area contributed by atoms with Crippen LogP contribution in [0.2, 0.25) is 0 Å². The molecular formula is C4H7F4NaO5S. The van der Waals surface area contributed by atoms with E-state index in [2.05, 4.69) is 4.74 Å². The predicted octanol–water partition coefficient (Wildman–Crippen LogP) is -2.81. The average molecular weight is 266 g/mol. The Balaban J connectivity index is -0.000000845. The van der Waals surface area contributed by atoms with Crippen molar-refractivity contribution in [1.82, 2.24) is 0 Å². The molecule has 0 spiro atoms. The minimum Gasteiger partial charge on any atom is -1.00 e. The molecule has 0 saturated carbocycles. The normalized spacial score (nSPS) is 13.5. The summed E-state index contributed by atoms with van der Waals surface area (Å²) in [4.78, 5) is 0. The molecule has 0 unspecified atom stereocenters. The summed E-state index contributed by atoms with van der Waals surface area (Å²) < 4.78 is 79.6. The quantitative estimate of drug-likeness (QED) is 0.319. The van der Waals surface area contributed by atoms with Crippen LogP contribution in [0.4, 0.5) is 17.6 Å². The van der Waals surface area contributed by atoms with Gasteiger partial charge in [0.15, 0.2) is 0 Å². The summed E-state index contributed by atoms with van der Waals surface area (Å²) in [5, 5.41) is 2.23. The van der Waals surface area contributed by atoms with Crippen molar-refractivity contribution in [3.63, 3.8) is 0 Å². The Labute approximate surface area is 106 Å². The maximum absolute atomic E-state index is 12.3. The first kappa shape index (κ1) is 17.9. The van der Waals surface area contributed by atoms with Crippen LogP contribution in [0.15, 0.2) is 0 Å². The molecule has 0 bridgehead atoms. The maximum atomic E-state index is 12.3. The van der Waals surface area contributed by atoms with Crippen molar-refractivity contribution in [2.24, 2.45) is 0 Å². The molecule has 0 aromatic heterocycles. The first-order valence-electron chi connectivity index (χ1n) is 3.03. The van der Waals surface area contributed by atoms with Gasteiger partial charge in [-0.3, -0.25) is 4.55 Å². The largest absolute Gasteiger partial charge is 1.00 e. The molecule has 0 radical (unpaired) electrons. The number of rotatable bonds is 5. The van der Waals surface area contributed by atoms with E-state index >= 15 is 0 Å². The van der Waals surface area contributed by atoms with Gasteiger partial charge >= 0.3 is 51.0 Å². The van der Waals surface area contributed by atoms with Crippen LogP contribution in [0.1, 0.15) is 1.43 Å². The molecule has 0 aromatic carbocycles. The maximum Gasteiger partial charge on any atom is 1.00 e. The van der Waals surface area contributed by atoms with Crippen LogP contribution in [-0.4, -0.2) is 42.7 Å². The minimum absolute atomic E-state index is 0. The third kappa shape index (κ3) is 4.13. The molecule has 0 aromatic rings. The van der Waals surface area contributed by atoms with E-state index in [1.54, 1.807) is 0 Å². The molecule has 0 rings (SSSR count). The number of ether oxygens (including phenoxy) is 1. The molecule has 0 aliphatic carbocycles. The van der Waals surface area contributed by atoms with Gasteiger partial charge in [0.05, 0.1) is 13.2 Å². The molecule has 15 heavy (non-hydrogen) atoms. The van der Waals surface area contributed by atoms with Gasteiger partial charge in [-0.25, -0.2) is 0 Å². The van der Waals surface area contributed by atoms with Crippen molar-refractivity contribution in [3.8, 4) is 0 Å². The van der Waals surface area contributed by atoms with E-state index in [0.717, 1.165) is 0 Å². The summed E-state index contributed by atoms with van der Waals surface area (Å²) in [6, 6.07) is 0. The average Bonchev–Trinajstić information content (AvgIpc) is 1.98. The van der Waals surface area contributed by atoms with Crippen LogP contribution in [0.3, 0.4) is 0 Å². The Hall–Kier alpha value is 0.550. The van der Waals surface area contributed by atoms with Crippen molar-refractivity contribution in [3.05, 3.63) is 0 Å². The second-order valence-electron chi connectivity index (χ2n) is 2.08. The van der Waals surface area contributed by atoms with Gasteiger partial charge in [0, 0.05) is 0 Å². The molecule has 0 heterocycles. The number of aliphatic hydroxyl groups excluding tert-OH is 1. The van der Waals surface area contributed by atoms with Crippen LogP contribution in [0.5, 0.6) is 0 Å². The van der Waals surface area contributed by atoms with Crippen molar-refractivity contribution < 1.29 is 71.4 Å². The van der Waals surface area contributed by atoms with Gasteiger partial charge in [-0.1, -0.05) is 0 Å². The zero-order chi connectivity index (χ0) is 11.6. The molecule has 0 atom stereocenters. The zero-order valence-electron chi connectivity index (χ0n) is 8.45. The van der Waals surface area contributed by atoms with E-state index in [-0.39, 0.29) is 31.0 Å². The fourth-order valence-corrected chi connectivity index (χ4v) is 0.767. The topological polar surface area (TPSA) is 83.8 Å². The van der Waals surface area contributed by atoms with Crippen LogP contribution in [0, 0.1) is 0 Å². The van der Waals surface area contributed by atoms with Gasteiger partial charge in [0.2, 0.25) is 0 Å². The van der Waals surface area contributed by atoms with Crippen molar-refractivity contribution in [2.75, 3.05) is 13.2 Å². The molecule has 11 heteroatoms. The molecule has 5 nitrogen and oxygen atoms in total. The zero-order valence-corrected chi connectivity index (χ0v) is 10.3. The molecule has 0 saturated heterocycles. The van der Waals surface area contributed by atoms with Gasteiger partial charge in [0.1, 0.15) is 0 Å². The van der Waals surface area contributed by atoms with Crippen LogP contribution >= 0.6 is 0 Å². The summed E-state index contributed by atoms with van der Waals surface area (Å²) in [5.74, 6) is 0. The SMILES string of the molecule is O=S(=O)(O)C(F)(F)C(F)(F)OCCO.[H-].[Na+]. The predicted molar refractivity (Wildman–Crippen MR) is 35.6 cm³/mol. The molecule has 0 aliphatic rings. The van der Waals surface area contributed by atoms with Gasteiger partial charge in [-0.15, -0.1) is 0 Å².